The van der Waals surface area contributed by atoms with Crippen LogP contribution in [0.25, 0.3) is 0 Å². The number of rotatable bonds is 4. The number of halogens is 3. The average Bonchev–Trinajstić information content (AvgIpc) is 3.08. The van der Waals surface area contributed by atoms with E-state index in [0.29, 0.717) is 31.6 Å². The fourth-order valence-electron chi connectivity index (χ4n) is 4.07. The number of carbonyl (C=O) groups is 2. The Morgan fingerprint density at radius 3 is 2.32 bits per heavy atom. The van der Waals surface area contributed by atoms with Crippen LogP contribution in [0.2, 0.25) is 0 Å². The summed E-state index contributed by atoms with van der Waals surface area (Å²) in [4.78, 5) is 40.2. The largest absolute Gasteiger partial charge is 0.522 e. The van der Waals surface area contributed by atoms with Crippen LogP contribution in [0.1, 0.15) is 25.3 Å². The molecule has 1 unspecified atom stereocenters. The van der Waals surface area contributed by atoms with Crippen LogP contribution in [0.3, 0.4) is 0 Å². The van der Waals surface area contributed by atoms with Gasteiger partial charge in [-0.05, 0) is 37.5 Å². The zero-order valence-electron chi connectivity index (χ0n) is 20.2. The zero-order valence-corrected chi connectivity index (χ0v) is 21.9. The van der Waals surface area contributed by atoms with Gasteiger partial charge in [-0.15, -0.1) is 0 Å². The van der Waals surface area contributed by atoms with E-state index in [2.05, 4.69) is 17.5 Å². The predicted molar refractivity (Wildman–Crippen MR) is 131 cm³/mol. The Morgan fingerprint density at radius 2 is 1.82 bits per heavy atom. The minimum Gasteiger partial charge on any atom is -0.445 e. The van der Waals surface area contributed by atoms with Crippen molar-refractivity contribution in [2.75, 3.05) is 26.2 Å². The maximum atomic E-state index is 12.8. The third kappa shape index (κ3) is 8.60. The number of ether oxygens (including phenoxy) is 1. The summed E-state index contributed by atoms with van der Waals surface area (Å²) in [6.45, 7) is 4.36. The molecule has 3 amide bonds. The third-order valence-corrected chi connectivity index (χ3v) is 6.84. The summed E-state index contributed by atoms with van der Waals surface area (Å²) in [5, 5.41) is 10.8. The van der Waals surface area contributed by atoms with Gasteiger partial charge in [0.1, 0.15) is 6.61 Å². The van der Waals surface area contributed by atoms with E-state index >= 15 is 0 Å². The van der Waals surface area contributed by atoms with Crippen molar-refractivity contribution < 1.29 is 45.4 Å². The number of likely N-dealkylation sites (tertiary alicyclic amines) is 1. The lowest BCUT2D eigenvalue weighted by Crippen LogP contribution is -2.52. The van der Waals surface area contributed by atoms with E-state index in [1.165, 1.54) is 12.1 Å². The van der Waals surface area contributed by atoms with Crippen molar-refractivity contribution >= 4 is 40.6 Å². The molecule has 0 saturated carbocycles. The number of hydrogen-bond donors (Lipinski definition) is 3. The number of nitro groups is 1. The lowest BCUT2D eigenvalue weighted by molar-refractivity contribution is -0.384. The molecule has 0 spiro atoms. The van der Waals surface area contributed by atoms with E-state index in [-0.39, 0.29) is 29.8 Å². The van der Waals surface area contributed by atoms with Gasteiger partial charge in [0.05, 0.1) is 11.1 Å². The van der Waals surface area contributed by atoms with Crippen LogP contribution < -0.4 is 5.73 Å². The van der Waals surface area contributed by atoms with Gasteiger partial charge in [0, 0.05) is 49.6 Å². The van der Waals surface area contributed by atoms with Gasteiger partial charge in [-0.25, -0.2) is 9.59 Å². The third-order valence-electron chi connectivity index (χ3n) is 5.88. The number of alkyl halides is 3. The van der Waals surface area contributed by atoms with E-state index in [1.54, 1.807) is 21.9 Å². The topological polar surface area (TPSA) is 177 Å². The van der Waals surface area contributed by atoms with E-state index in [9.17, 15) is 32.9 Å². The normalized spacial score (nSPS) is 22.7. The van der Waals surface area contributed by atoms with Crippen molar-refractivity contribution in [3.8, 4) is 0 Å². The molecule has 0 aromatic heterocycles. The Balaban J connectivity index is 0.000000550. The molecule has 3 rings (SSSR count). The van der Waals surface area contributed by atoms with Crippen molar-refractivity contribution in [1.82, 2.24) is 14.7 Å². The predicted octanol–water partition coefficient (Wildman–Crippen LogP) is 2.43. The van der Waals surface area contributed by atoms with Crippen molar-refractivity contribution in [3.05, 3.63) is 39.9 Å². The van der Waals surface area contributed by atoms with E-state index < -0.39 is 32.7 Å². The minimum absolute atomic E-state index is 0.0113. The number of thiol groups is 1. The first kappa shape index (κ1) is 31.4. The molecule has 2 aliphatic heterocycles. The molecular formula is C20H28F3N5O8S2. The Morgan fingerprint density at radius 1 is 1.24 bits per heavy atom. The average molecular weight is 588 g/mol. The molecule has 0 aliphatic carbocycles. The number of amides is 3. The van der Waals surface area contributed by atoms with E-state index in [1.807, 2.05) is 6.92 Å². The highest BCUT2D eigenvalue weighted by molar-refractivity contribution is 7.86. The fraction of sp³-hybridized carbons (Fsp3) is 0.600. The highest BCUT2D eigenvalue weighted by atomic mass is 32.2. The summed E-state index contributed by atoms with van der Waals surface area (Å²) in [5.74, 6) is 0. The number of nitrogens with two attached hydrogens (primary N) is 1. The SMILES string of the molecule is CC1CN(C(N)=O)CCCN1[C@@H]1C[C@H](S)CN1C(=O)OCc1ccc([N+](=O)[O-])cc1.O=S(=O)(O)C(F)(F)F. The van der Waals surface area contributed by atoms with Crippen molar-refractivity contribution in [3.63, 3.8) is 0 Å². The number of nitrogens with zero attached hydrogens (tertiary/aromatic N) is 4. The molecule has 1 aromatic carbocycles. The highest BCUT2D eigenvalue weighted by Gasteiger charge is 2.44. The highest BCUT2D eigenvalue weighted by Crippen LogP contribution is 2.28. The van der Waals surface area contributed by atoms with Crippen LogP contribution in [0.15, 0.2) is 24.3 Å². The number of benzene rings is 1. The first-order chi connectivity index (χ1) is 17.5. The molecule has 38 heavy (non-hydrogen) atoms. The van der Waals surface area contributed by atoms with E-state index in [4.69, 9.17) is 23.4 Å². The van der Waals surface area contributed by atoms with Crippen LogP contribution >= 0.6 is 12.6 Å². The fourth-order valence-corrected chi connectivity index (χ4v) is 4.43. The Bertz CT molecular complexity index is 1110. The van der Waals surface area contributed by atoms with E-state index in [0.717, 1.165) is 13.0 Å². The number of hydrogen-bond acceptors (Lipinski definition) is 9. The lowest BCUT2D eigenvalue weighted by Gasteiger charge is -2.37. The second kappa shape index (κ2) is 12.8. The first-order valence-corrected chi connectivity index (χ1v) is 13.2. The standard InChI is InChI=1S/C19H27N5O5S.CHF3O3S/c1-13-10-21(18(20)25)7-2-8-22(13)17-9-16(30)11-23(17)19(26)29-12-14-3-5-15(6-4-14)24(27)28;2-1(3,4)8(5,6)7/h3-6,13,16-17,30H,2,7-12H2,1H3,(H2,20,25);(H,5,6,7)/t13?,16-,17-;/m0./s1. The maximum absolute atomic E-state index is 12.8. The zero-order chi connectivity index (χ0) is 28.8. The molecule has 18 heteroatoms. The van der Waals surface area contributed by atoms with Gasteiger partial charge in [0.25, 0.3) is 5.69 Å². The number of carbonyl (C=O) groups excluding carboxylic acids is 2. The summed E-state index contributed by atoms with van der Waals surface area (Å²) in [6, 6.07) is 5.52. The van der Waals surface area contributed by atoms with Crippen molar-refractivity contribution in [1.29, 1.82) is 0 Å². The van der Waals surface area contributed by atoms with Gasteiger partial charge < -0.3 is 15.4 Å². The van der Waals surface area contributed by atoms with Gasteiger partial charge in [-0.3, -0.25) is 24.5 Å². The molecule has 3 atom stereocenters. The lowest BCUT2D eigenvalue weighted by atomic mass is 10.2. The Labute approximate surface area is 222 Å². The molecule has 3 N–H and O–H groups in total. The van der Waals surface area contributed by atoms with Gasteiger partial charge in [-0.2, -0.15) is 34.2 Å². The van der Waals surface area contributed by atoms with Gasteiger partial charge in [0.2, 0.25) is 0 Å². The second-order valence-electron chi connectivity index (χ2n) is 8.65. The van der Waals surface area contributed by atoms with Crippen LogP contribution in [0.5, 0.6) is 0 Å². The Kier molecular flexibility index (Phi) is 10.6. The summed E-state index contributed by atoms with van der Waals surface area (Å²) in [5.41, 5.74) is 0.578. The Hall–Kier alpha value is -2.83. The number of primary amides is 1. The second-order valence-corrected chi connectivity index (χ2v) is 10.8. The molecule has 0 bridgehead atoms. The number of non-ortho nitro benzene ring substituents is 1. The monoisotopic (exact) mass is 587 g/mol. The quantitative estimate of drug-likeness (QED) is 0.157. The van der Waals surface area contributed by atoms with Crippen LogP contribution in [-0.4, -0.2) is 93.9 Å². The molecule has 1 aromatic rings. The van der Waals surface area contributed by atoms with Crippen LogP contribution in [-0.2, 0) is 21.5 Å². The van der Waals surface area contributed by atoms with Gasteiger partial charge in [0.15, 0.2) is 0 Å². The summed E-state index contributed by atoms with van der Waals surface area (Å²) >= 11 is 4.58. The van der Waals surface area contributed by atoms with Gasteiger partial charge >= 0.3 is 27.8 Å². The molecular weight excluding hydrogens is 559 g/mol. The maximum Gasteiger partial charge on any atom is 0.522 e. The molecule has 2 fully saturated rings. The summed E-state index contributed by atoms with van der Waals surface area (Å²) in [6.07, 6.45) is 0.862. The van der Waals surface area contributed by atoms with Crippen LogP contribution in [0, 0.1) is 10.1 Å². The van der Waals surface area contributed by atoms with Crippen molar-refractivity contribution in [2.45, 2.75) is 49.3 Å². The van der Waals surface area contributed by atoms with Crippen LogP contribution in [0.4, 0.5) is 28.4 Å². The molecule has 2 heterocycles. The smallest absolute Gasteiger partial charge is 0.445 e. The number of nitro benzene ring substituents is 1. The van der Waals surface area contributed by atoms with Gasteiger partial charge in [-0.1, -0.05) is 0 Å². The molecule has 214 valence electrons. The summed E-state index contributed by atoms with van der Waals surface area (Å²) < 4.78 is 63.0. The molecule has 2 saturated heterocycles. The first-order valence-electron chi connectivity index (χ1n) is 11.2. The number of urea groups is 1. The summed E-state index contributed by atoms with van der Waals surface area (Å²) in [7, 11) is -5.84. The van der Waals surface area contributed by atoms with Crippen molar-refractivity contribution in [2.24, 2.45) is 5.73 Å². The molecule has 0 radical (unpaired) electrons. The molecule has 13 nitrogen and oxygen atoms in total. The minimum atomic E-state index is -5.84. The molecule has 2 aliphatic rings.